The van der Waals surface area contributed by atoms with Gasteiger partial charge in [-0.15, -0.1) is 0 Å². The molecule has 0 saturated heterocycles. The third kappa shape index (κ3) is 4.36. The van der Waals surface area contributed by atoms with Crippen LogP contribution in [0.2, 0.25) is 0 Å². The van der Waals surface area contributed by atoms with Crippen LogP contribution in [-0.4, -0.2) is 10.2 Å². The van der Waals surface area contributed by atoms with Gasteiger partial charge in [0, 0.05) is 5.56 Å². The Bertz CT molecular complexity index is 942. The first kappa shape index (κ1) is 16.5. The molecule has 0 radical (unpaired) electrons. The smallest absolute Gasteiger partial charge is 0.131 e. The second-order valence-electron chi connectivity index (χ2n) is 5.60. The van der Waals surface area contributed by atoms with Gasteiger partial charge in [0.1, 0.15) is 17.3 Å². The van der Waals surface area contributed by atoms with Crippen molar-refractivity contribution in [1.82, 2.24) is 0 Å². The molecule has 3 heteroatoms. The van der Waals surface area contributed by atoms with Crippen molar-refractivity contribution in [3.8, 4) is 11.5 Å². The van der Waals surface area contributed by atoms with Crippen LogP contribution < -0.4 is 0 Å². The van der Waals surface area contributed by atoms with Gasteiger partial charge in [0.05, 0.1) is 0 Å². The first-order valence-electron chi connectivity index (χ1n) is 7.84. The molecule has 3 rings (SSSR count). The van der Waals surface area contributed by atoms with Crippen molar-refractivity contribution in [3.63, 3.8) is 0 Å². The molecule has 0 spiro atoms. The number of phenols is 2. The summed E-state index contributed by atoms with van der Waals surface area (Å²) in [7, 11) is 0. The topological polar surface area (TPSA) is 40.5 Å². The standard InChI is InChI=1S/C22H17FO2/c23-22-9-3-6-18(12-10-16-4-1-7-19(24)14-16)21(22)13-11-17-5-2-8-20(25)15-17/h1-15,24-25H. The van der Waals surface area contributed by atoms with Crippen molar-refractivity contribution in [2.75, 3.05) is 0 Å². The van der Waals surface area contributed by atoms with Crippen LogP contribution >= 0.6 is 0 Å². The Balaban J connectivity index is 1.92. The zero-order valence-electron chi connectivity index (χ0n) is 13.4. The van der Waals surface area contributed by atoms with E-state index in [0.717, 1.165) is 16.7 Å². The number of halogens is 1. The van der Waals surface area contributed by atoms with Gasteiger partial charge in [-0.1, -0.05) is 60.7 Å². The molecule has 0 atom stereocenters. The number of aromatic hydroxyl groups is 2. The van der Waals surface area contributed by atoms with E-state index in [1.54, 1.807) is 60.7 Å². The van der Waals surface area contributed by atoms with Crippen molar-refractivity contribution in [2.45, 2.75) is 0 Å². The normalized spacial score (nSPS) is 11.4. The highest BCUT2D eigenvalue weighted by Crippen LogP contribution is 2.21. The number of benzene rings is 3. The number of hydrogen-bond acceptors (Lipinski definition) is 2. The summed E-state index contributed by atoms with van der Waals surface area (Å²) in [6.45, 7) is 0. The Hall–Kier alpha value is -3.33. The zero-order chi connectivity index (χ0) is 17.6. The minimum Gasteiger partial charge on any atom is -0.508 e. The average molecular weight is 332 g/mol. The monoisotopic (exact) mass is 332 g/mol. The number of rotatable bonds is 4. The van der Waals surface area contributed by atoms with Crippen LogP contribution in [0, 0.1) is 5.82 Å². The Kier molecular flexibility index (Phi) is 4.95. The molecule has 3 aromatic rings. The van der Waals surface area contributed by atoms with E-state index in [1.165, 1.54) is 6.07 Å². The molecule has 0 aliphatic heterocycles. The molecule has 0 unspecified atom stereocenters. The van der Waals surface area contributed by atoms with Crippen molar-refractivity contribution in [2.24, 2.45) is 0 Å². The lowest BCUT2D eigenvalue weighted by atomic mass is 10.0. The van der Waals surface area contributed by atoms with E-state index in [9.17, 15) is 14.6 Å². The van der Waals surface area contributed by atoms with Crippen LogP contribution in [0.5, 0.6) is 11.5 Å². The molecule has 2 N–H and O–H groups in total. The summed E-state index contributed by atoms with van der Waals surface area (Å²) < 4.78 is 14.2. The first-order chi connectivity index (χ1) is 12.1. The van der Waals surface area contributed by atoms with E-state index in [2.05, 4.69) is 0 Å². The number of hydrogen-bond donors (Lipinski definition) is 2. The molecule has 25 heavy (non-hydrogen) atoms. The fourth-order valence-corrected chi connectivity index (χ4v) is 2.50. The first-order valence-corrected chi connectivity index (χ1v) is 7.84. The third-order valence-electron chi connectivity index (χ3n) is 3.72. The molecular formula is C22H17FO2. The molecule has 124 valence electrons. The Labute approximate surface area is 145 Å². The van der Waals surface area contributed by atoms with Crippen LogP contribution in [0.4, 0.5) is 4.39 Å². The van der Waals surface area contributed by atoms with Crippen molar-refractivity contribution >= 4 is 24.3 Å². The van der Waals surface area contributed by atoms with E-state index >= 15 is 0 Å². The molecule has 0 amide bonds. The van der Waals surface area contributed by atoms with E-state index in [4.69, 9.17) is 0 Å². The van der Waals surface area contributed by atoms with Gasteiger partial charge < -0.3 is 10.2 Å². The highest BCUT2D eigenvalue weighted by Gasteiger charge is 2.03. The summed E-state index contributed by atoms with van der Waals surface area (Å²) in [5.74, 6) is 0.0274. The fraction of sp³-hybridized carbons (Fsp3) is 0. The van der Waals surface area contributed by atoms with Gasteiger partial charge in [-0.3, -0.25) is 0 Å². The predicted molar refractivity (Wildman–Crippen MR) is 100 cm³/mol. The van der Waals surface area contributed by atoms with Gasteiger partial charge >= 0.3 is 0 Å². The lowest BCUT2D eigenvalue weighted by molar-refractivity contribution is 0.474. The van der Waals surface area contributed by atoms with E-state index in [-0.39, 0.29) is 17.3 Å². The largest absolute Gasteiger partial charge is 0.508 e. The maximum atomic E-state index is 14.2. The molecule has 0 heterocycles. The van der Waals surface area contributed by atoms with E-state index in [1.807, 2.05) is 24.3 Å². The van der Waals surface area contributed by atoms with Crippen LogP contribution in [0.1, 0.15) is 22.3 Å². The summed E-state index contributed by atoms with van der Waals surface area (Å²) in [5.41, 5.74) is 2.79. The summed E-state index contributed by atoms with van der Waals surface area (Å²) >= 11 is 0. The SMILES string of the molecule is Oc1cccc(C=Cc2cccc(F)c2C=Cc2cccc(O)c2)c1. The van der Waals surface area contributed by atoms with Crippen LogP contribution in [0.3, 0.4) is 0 Å². The Morgan fingerprint density at radius 2 is 1.20 bits per heavy atom. The molecule has 0 aliphatic carbocycles. The zero-order valence-corrected chi connectivity index (χ0v) is 13.4. The summed E-state index contributed by atoms with van der Waals surface area (Å²) in [4.78, 5) is 0. The van der Waals surface area contributed by atoms with Crippen molar-refractivity contribution in [1.29, 1.82) is 0 Å². The maximum Gasteiger partial charge on any atom is 0.131 e. The molecule has 0 aromatic heterocycles. The lowest BCUT2D eigenvalue weighted by Crippen LogP contribution is -1.87. The molecule has 3 aromatic carbocycles. The van der Waals surface area contributed by atoms with Crippen molar-refractivity contribution < 1.29 is 14.6 Å². The molecule has 0 aliphatic rings. The molecule has 0 fully saturated rings. The minimum absolute atomic E-state index is 0.166. The third-order valence-corrected chi connectivity index (χ3v) is 3.72. The Morgan fingerprint density at radius 1 is 0.640 bits per heavy atom. The van der Waals surface area contributed by atoms with Crippen LogP contribution in [-0.2, 0) is 0 Å². The van der Waals surface area contributed by atoms with Crippen LogP contribution in [0.25, 0.3) is 24.3 Å². The van der Waals surface area contributed by atoms with Crippen LogP contribution in [0.15, 0.2) is 66.7 Å². The second kappa shape index (κ2) is 7.49. The fourth-order valence-electron chi connectivity index (χ4n) is 2.50. The highest BCUT2D eigenvalue weighted by atomic mass is 19.1. The van der Waals surface area contributed by atoms with Gasteiger partial charge in [0.2, 0.25) is 0 Å². The minimum atomic E-state index is -0.325. The maximum absolute atomic E-state index is 14.2. The van der Waals surface area contributed by atoms with E-state index < -0.39 is 0 Å². The van der Waals surface area contributed by atoms with Gasteiger partial charge in [0.15, 0.2) is 0 Å². The average Bonchev–Trinajstić information content (AvgIpc) is 2.59. The number of phenolic OH excluding ortho intramolecular Hbond substituents is 2. The molecule has 0 saturated carbocycles. The molecular weight excluding hydrogens is 315 g/mol. The summed E-state index contributed by atoms with van der Waals surface area (Å²) in [6.07, 6.45) is 7.07. The quantitative estimate of drug-likeness (QED) is 0.613. The van der Waals surface area contributed by atoms with Crippen molar-refractivity contribution in [3.05, 3.63) is 94.8 Å². The molecule has 2 nitrogen and oxygen atoms in total. The van der Waals surface area contributed by atoms with Gasteiger partial charge in [-0.25, -0.2) is 4.39 Å². The second-order valence-corrected chi connectivity index (χ2v) is 5.60. The predicted octanol–water partition coefficient (Wildman–Crippen LogP) is 5.58. The van der Waals surface area contributed by atoms with Gasteiger partial charge in [0.25, 0.3) is 0 Å². The Morgan fingerprint density at radius 3 is 1.80 bits per heavy atom. The van der Waals surface area contributed by atoms with Gasteiger partial charge in [-0.2, -0.15) is 0 Å². The molecule has 0 bridgehead atoms. The van der Waals surface area contributed by atoms with Gasteiger partial charge in [-0.05, 0) is 47.0 Å². The lowest BCUT2D eigenvalue weighted by Gasteiger charge is -2.03. The van der Waals surface area contributed by atoms with E-state index in [0.29, 0.717) is 5.56 Å². The summed E-state index contributed by atoms with van der Waals surface area (Å²) in [6, 6.07) is 18.5. The highest BCUT2D eigenvalue weighted by molar-refractivity contribution is 5.80. The summed E-state index contributed by atoms with van der Waals surface area (Å²) in [5, 5.41) is 19.0.